The molecule has 0 saturated heterocycles. The first-order chi connectivity index (χ1) is 18.4. The first kappa shape index (κ1) is 26.3. The van der Waals surface area contributed by atoms with Crippen molar-refractivity contribution in [2.45, 2.75) is 26.4 Å². The molecule has 0 radical (unpaired) electrons. The lowest BCUT2D eigenvalue weighted by Gasteiger charge is -2.16. The van der Waals surface area contributed by atoms with Crippen LogP contribution in [0.15, 0.2) is 89.3 Å². The second kappa shape index (κ2) is 12.0. The number of aromatic nitrogens is 2. The molecule has 8 heteroatoms. The molecular formula is C30H29N3O5. The summed E-state index contributed by atoms with van der Waals surface area (Å²) in [5.74, 6) is 0.775. The van der Waals surface area contributed by atoms with E-state index in [0.29, 0.717) is 40.2 Å². The number of hydrogen-bond donors (Lipinski definition) is 0. The number of methoxy groups -OCH3 is 1. The first-order valence-electron chi connectivity index (χ1n) is 12.2. The molecule has 0 aliphatic heterocycles. The van der Waals surface area contributed by atoms with E-state index in [1.807, 2.05) is 42.5 Å². The molecule has 3 aromatic carbocycles. The average Bonchev–Trinajstić information content (AvgIpc) is 2.91. The second-order valence-electron chi connectivity index (χ2n) is 8.71. The van der Waals surface area contributed by atoms with E-state index in [0.717, 1.165) is 11.1 Å². The highest BCUT2D eigenvalue weighted by Crippen LogP contribution is 2.33. The van der Waals surface area contributed by atoms with Gasteiger partial charge in [-0.1, -0.05) is 48.5 Å². The number of carbonyl (C=O) groups is 1. The van der Waals surface area contributed by atoms with Gasteiger partial charge in [-0.25, -0.2) is 9.78 Å². The van der Waals surface area contributed by atoms with Crippen LogP contribution >= 0.6 is 0 Å². The zero-order chi connectivity index (χ0) is 27.1. The van der Waals surface area contributed by atoms with Gasteiger partial charge in [0.15, 0.2) is 23.9 Å². The molecule has 1 aromatic heterocycles. The van der Waals surface area contributed by atoms with Gasteiger partial charge < -0.3 is 14.2 Å². The lowest BCUT2D eigenvalue weighted by molar-refractivity contribution is -0.149. The lowest BCUT2D eigenvalue weighted by atomic mass is 10.1. The Morgan fingerprint density at radius 1 is 1.11 bits per heavy atom. The molecule has 4 rings (SSSR count). The highest BCUT2D eigenvalue weighted by Gasteiger charge is 2.16. The first-order valence-corrected chi connectivity index (χ1v) is 12.2. The molecule has 194 valence electrons. The van der Waals surface area contributed by atoms with Crippen LogP contribution in [0.4, 0.5) is 0 Å². The van der Waals surface area contributed by atoms with Gasteiger partial charge in [0.05, 0.1) is 30.3 Å². The van der Waals surface area contributed by atoms with E-state index in [1.54, 1.807) is 50.4 Å². The molecule has 1 heterocycles. The van der Waals surface area contributed by atoms with Gasteiger partial charge in [0.1, 0.15) is 0 Å². The van der Waals surface area contributed by atoms with Gasteiger partial charge in [-0.15, -0.1) is 6.58 Å². The van der Waals surface area contributed by atoms with Crippen molar-refractivity contribution in [2.75, 3.05) is 13.7 Å². The lowest BCUT2D eigenvalue weighted by Crippen LogP contribution is -2.20. The van der Waals surface area contributed by atoms with Crippen LogP contribution in [0.1, 0.15) is 25.0 Å². The summed E-state index contributed by atoms with van der Waals surface area (Å²) in [6, 6.07) is 20.2. The van der Waals surface area contributed by atoms with Crippen LogP contribution in [-0.2, 0) is 16.0 Å². The summed E-state index contributed by atoms with van der Waals surface area (Å²) in [6.07, 6.45) is 3.50. The van der Waals surface area contributed by atoms with Crippen LogP contribution in [0, 0.1) is 0 Å². The van der Waals surface area contributed by atoms with E-state index in [-0.39, 0.29) is 18.3 Å². The van der Waals surface area contributed by atoms with Crippen molar-refractivity contribution in [3.05, 3.63) is 101 Å². The van der Waals surface area contributed by atoms with Crippen LogP contribution in [-0.4, -0.2) is 41.7 Å². The average molecular weight is 512 g/mol. The number of para-hydroxylation sites is 1. The molecule has 0 fully saturated rings. The summed E-state index contributed by atoms with van der Waals surface area (Å²) in [4.78, 5) is 30.2. The van der Waals surface area contributed by atoms with Crippen molar-refractivity contribution in [3.8, 4) is 22.9 Å². The minimum atomic E-state index is -0.478. The number of benzene rings is 3. The number of rotatable bonds is 10. The molecular weight excluding hydrogens is 482 g/mol. The Morgan fingerprint density at radius 3 is 2.55 bits per heavy atom. The summed E-state index contributed by atoms with van der Waals surface area (Å²) >= 11 is 0. The van der Waals surface area contributed by atoms with Crippen LogP contribution in [0.25, 0.3) is 22.3 Å². The standard InChI is InChI=1S/C30H29N3O5/c1-5-11-23-16-21(17-26(36-4)28(23)37-19-27(34)38-20(2)3)18-31-33-29(22-12-7-6-8-13-22)32-25-15-10-9-14-24(25)30(33)35/h5-10,12-18,20H,1,11,19H2,2-4H3. The largest absolute Gasteiger partial charge is 0.493 e. The molecule has 0 amide bonds. The highest BCUT2D eigenvalue weighted by molar-refractivity contribution is 5.83. The Balaban J connectivity index is 1.76. The third kappa shape index (κ3) is 5.98. The molecule has 0 bridgehead atoms. The number of esters is 1. The molecule has 0 unspecified atom stereocenters. The predicted octanol–water partition coefficient (Wildman–Crippen LogP) is 5.01. The maximum atomic E-state index is 13.4. The van der Waals surface area contributed by atoms with E-state index < -0.39 is 5.97 Å². The molecule has 0 aliphatic carbocycles. The zero-order valence-corrected chi connectivity index (χ0v) is 21.6. The van der Waals surface area contributed by atoms with E-state index in [4.69, 9.17) is 19.2 Å². The van der Waals surface area contributed by atoms with Gasteiger partial charge >= 0.3 is 5.97 Å². The van der Waals surface area contributed by atoms with Crippen molar-refractivity contribution in [1.29, 1.82) is 0 Å². The summed E-state index contributed by atoms with van der Waals surface area (Å²) in [5.41, 5.74) is 2.47. The maximum absolute atomic E-state index is 13.4. The molecule has 38 heavy (non-hydrogen) atoms. The smallest absolute Gasteiger partial charge is 0.344 e. The minimum absolute atomic E-state index is 0.243. The summed E-state index contributed by atoms with van der Waals surface area (Å²) in [5, 5.41) is 5.00. The fraction of sp³-hybridized carbons (Fsp3) is 0.200. The van der Waals surface area contributed by atoms with Crippen molar-refractivity contribution < 1.29 is 19.0 Å². The molecule has 4 aromatic rings. The number of carbonyl (C=O) groups excluding carboxylic acids is 1. The molecule has 0 spiro atoms. The Kier molecular flexibility index (Phi) is 8.33. The summed E-state index contributed by atoms with van der Waals surface area (Å²) in [6.45, 7) is 7.11. The SMILES string of the molecule is C=CCc1cc(C=Nn2c(-c3ccccc3)nc3ccccc3c2=O)cc(OC)c1OCC(=O)OC(C)C. The van der Waals surface area contributed by atoms with Gasteiger partial charge in [-0.3, -0.25) is 4.79 Å². The number of ether oxygens (including phenoxy) is 3. The third-order valence-electron chi connectivity index (χ3n) is 5.55. The Morgan fingerprint density at radius 2 is 1.84 bits per heavy atom. The maximum Gasteiger partial charge on any atom is 0.344 e. The summed E-state index contributed by atoms with van der Waals surface area (Å²) < 4.78 is 17.8. The Bertz CT molecular complexity index is 1540. The Labute approximate surface area is 220 Å². The molecule has 0 atom stereocenters. The minimum Gasteiger partial charge on any atom is -0.493 e. The van der Waals surface area contributed by atoms with Gasteiger partial charge in [0.2, 0.25) is 0 Å². The third-order valence-corrected chi connectivity index (χ3v) is 5.55. The van der Waals surface area contributed by atoms with E-state index in [2.05, 4.69) is 11.7 Å². The fourth-order valence-electron chi connectivity index (χ4n) is 3.94. The molecule has 0 saturated carbocycles. The monoisotopic (exact) mass is 511 g/mol. The van der Waals surface area contributed by atoms with Crippen LogP contribution < -0.4 is 15.0 Å². The molecule has 8 nitrogen and oxygen atoms in total. The second-order valence-corrected chi connectivity index (χ2v) is 8.71. The van der Waals surface area contributed by atoms with Crippen LogP contribution in [0.3, 0.4) is 0 Å². The fourth-order valence-corrected chi connectivity index (χ4v) is 3.94. The van der Waals surface area contributed by atoms with Gasteiger partial charge in [-0.05, 0) is 50.1 Å². The topological polar surface area (TPSA) is 92.0 Å². The number of hydrogen-bond acceptors (Lipinski definition) is 7. The molecule has 0 aliphatic rings. The zero-order valence-electron chi connectivity index (χ0n) is 21.6. The van der Waals surface area contributed by atoms with Crippen molar-refractivity contribution >= 4 is 23.1 Å². The Hall–Kier alpha value is -4.72. The van der Waals surface area contributed by atoms with E-state index in [9.17, 15) is 9.59 Å². The number of allylic oxidation sites excluding steroid dienone is 1. The number of fused-ring (bicyclic) bond motifs is 1. The van der Waals surface area contributed by atoms with Crippen LogP contribution in [0.2, 0.25) is 0 Å². The van der Waals surface area contributed by atoms with Crippen LogP contribution in [0.5, 0.6) is 11.5 Å². The van der Waals surface area contributed by atoms with Crippen molar-refractivity contribution in [2.24, 2.45) is 5.10 Å². The van der Waals surface area contributed by atoms with Gasteiger partial charge in [0.25, 0.3) is 5.56 Å². The van der Waals surface area contributed by atoms with Crippen molar-refractivity contribution in [3.63, 3.8) is 0 Å². The van der Waals surface area contributed by atoms with Gasteiger partial charge in [0, 0.05) is 11.1 Å². The highest BCUT2D eigenvalue weighted by atomic mass is 16.6. The summed E-state index contributed by atoms with van der Waals surface area (Å²) in [7, 11) is 1.51. The molecule has 0 N–H and O–H groups in total. The van der Waals surface area contributed by atoms with Gasteiger partial charge in [-0.2, -0.15) is 9.78 Å². The van der Waals surface area contributed by atoms with E-state index in [1.165, 1.54) is 11.8 Å². The van der Waals surface area contributed by atoms with Crippen molar-refractivity contribution in [1.82, 2.24) is 9.66 Å². The normalized spacial score (nSPS) is 11.2. The quantitative estimate of drug-likeness (QED) is 0.169. The number of nitrogens with zero attached hydrogens (tertiary/aromatic N) is 3. The van der Waals surface area contributed by atoms with E-state index >= 15 is 0 Å². The predicted molar refractivity (Wildman–Crippen MR) is 148 cm³/mol.